The number of rotatable bonds is 3. The summed E-state index contributed by atoms with van der Waals surface area (Å²) in [6, 6.07) is 2.59. The largest absolute Gasteiger partial charge is 0.496 e. The van der Waals surface area contributed by atoms with Crippen LogP contribution in [-0.4, -0.2) is 18.2 Å². The van der Waals surface area contributed by atoms with Crippen LogP contribution in [0.2, 0.25) is 0 Å². The van der Waals surface area contributed by atoms with Crippen molar-refractivity contribution < 1.29 is 19.0 Å². The van der Waals surface area contributed by atoms with Crippen molar-refractivity contribution in [2.45, 2.75) is 12.8 Å². The van der Waals surface area contributed by atoms with Crippen molar-refractivity contribution in [2.75, 3.05) is 7.11 Å². The summed E-state index contributed by atoms with van der Waals surface area (Å²) >= 11 is 3.00. The van der Waals surface area contributed by atoms with E-state index in [2.05, 4.69) is 15.9 Å². The molecule has 1 aromatic rings. The van der Waals surface area contributed by atoms with Gasteiger partial charge in [0.05, 0.1) is 17.5 Å². The lowest BCUT2D eigenvalue weighted by Gasteiger charge is -2.12. The van der Waals surface area contributed by atoms with Crippen molar-refractivity contribution in [3.8, 4) is 5.75 Å². The van der Waals surface area contributed by atoms with Gasteiger partial charge in [-0.05, 0) is 28.9 Å². The molecule has 0 saturated heterocycles. The molecule has 0 aliphatic rings. The quantitative estimate of drug-likeness (QED) is 0.924. The molecule has 1 rings (SSSR count). The summed E-state index contributed by atoms with van der Waals surface area (Å²) in [5.41, 5.74) is 0.443. The van der Waals surface area contributed by atoms with E-state index >= 15 is 0 Å². The molecular weight excluding hydrogens is 267 g/mol. The van der Waals surface area contributed by atoms with Crippen LogP contribution in [0.3, 0.4) is 0 Å². The van der Waals surface area contributed by atoms with E-state index in [9.17, 15) is 9.18 Å². The Kier molecular flexibility index (Phi) is 3.68. The first-order valence-electron chi connectivity index (χ1n) is 4.23. The molecule has 82 valence electrons. The molecule has 1 unspecified atom stereocenters. The number of halogens is 2. The maximum Gasteiger partial charge on any atom is 0.310 e. The van der Waals surface area contributed by atoms with E-state index in [4.69, 9.17) is 9.84 Å². The van der Waals surface area contributed by atoms with E-state index in [-0.39, 0.29) is 10.2 Å². The fourth-order valence-electron chi connectivity index (χ4n) is 1.19. The Morgan fingerprint density at radius 1 is 1.60 bits per heavy atom. The molecule has 1 aromatic carbocycles. The Morgan fingerprint density at radius 3 is 2.67 bits per heavy atom. The number of carboxylic acids is 1. The fourth-order valence-corrected chi connectivity index (χ4v) is 1.55. The Hall–Kier alpha value is -1.10. The highest BCUT2D eigenvalue weighted by atomic mass is 79.9. The Bertz CT molecular complexity index is 392. The average molecular weight is 277 g/mol. The van der Waals surface area contributed by atoms with Crippen LogP contribution in [0.5, 0.6) is 5.75 Å². The van der Waals surface area contributed by atoms with Gasteiger partial charge >= 0.3 is 5.97 Å². The van der Waals surface area contributed by atoms with Gasteiger partial charge in [-0.2, -0.15) is 0 Å². The number of hydrogen-bond acceptors (Lipinski definition) is 2. The fraction of sp³-hybridized carbons (Fsp3) is 0.300. The standard InChI is InChI=1S/C10H10BrFO3/c1-5(10(13)14)6-3-7(11)8(12)4-9(6)15-2/h3-5H,1-2H3,(H,13,14). The molecule has 0 aromatic heterocycles. The maximum absolute atomic E-state index is 13.1. The van der Waals surface area contributed by atoms with Gasteiger partial charge in [0.25, 0.3) is 0 Å². The molecular formula is C10H10BrFO3. The van der Waals surface area contributed by atoms with E-state index in [1.165, 1.54) is 26.2 Å². The van der Waals surface area contributed by atoms with E-state index in [0.717, 1.165) is 0 Å². The van der Waals surface area contributed by atoms with Crippen LogP contribution in [0.25, 0.3) is 0 Å². The third-order valence-corrected chi connectivity index (χ3v) is 2.72. The summed E-state index contributed by atoms with van der Waals surface area (Å²) in [6.07, 6.45) is 0. The number of carbonyl (C=O) groups is 1. The van der Waals surface area contributed by atoms with Crippen molar-refractivity contribution in [3.05, 3.63) is 28.0 Å². The summed E-state index contributed by atoms with van der Waals surface area (Å²) in [4.78, 5) is 10.8. The van der Waals surface area contributed by atoms with Crippen LogP contribution < -0.4 is 4.74 Å². The van der Waals surface area contributed by atoms with Crippen molar-refractivity contribution >= 4 is 21.9 Å². The molecule has 0 aliphatic carbocycles. The van der Waals surface area contributed by atoms with Gasteiger partial charge in [-0.25, -0.2) is 4.39 Å². The van der Waals surface area contributed by atoms with Crippen molar-refractivity contribution in [3.63, 3.8) is 0 Å². The van der Waals surface area contributed by atoms with Crippen LogP contribution in [-0.2, 0) is 4.79 Å². The van der Waals surface area contributed by atoms with Gasteiger partial charge in [0.2, 0.25) is 0 Å². The molecule has 0 bridgehead atoms. The number of hydrogen-bond donors (Lipinski definition) is 1. The zero-order valence-corrected chi connectivity index (χ0v) is 9.84. The van der Waals surface area contributed by atoms with Gasteiger partial charge in [0.1, 0.15) is 11.6 Å². The molecule has 1 N–H and O–H groups in total. The Labute approximate surface area is 95.0 Å². The highest BCUT2D eigenvalue weighted by Crippen LogP contribution is 2.31. The highest BCUT2D eigenvalue weighted by molar-refractivity contribution is 9.10. The van der Waals surface area contributed by atoms with Crippen LogP contribution >= 0.6 is 15.9 Å². The summed E-state index contributed by atoms with van der Waals surface area (Å²) in [5, 5.41) is 8.85. The lowest BCUT2D eigenvalue weighted by Crippen LogP contribution is -2.09. The molecule has 0 radical (unpaired) electrons. The number of carboxylic acid groups (broad SMARTS) is 1. The first kappa shape index (κ1) is 12.0. The van der Waals surface area contributed by atoms with E-state index in [1.807, 2.05) is 0 Å². The van der Waals surface area contributed by atoms with E-state index < -0.39 is 17.7 Å². The van der Waals surface area contributed by atoms with Crippen LogP contribution in [0, 0.1) is 5.82 Å². The monoisotopic (exact) mass is 276 g/mol. The van der Waals surface area contributed by atoms with Gasteiger partial charge in [0, 0.05) is 11.6 Å². The Morgan fingerprint density at radius 2 is 2.20 bits per heavy atom. The minimum Gasteiger partial charge on any atom is -0.496 e. The SMILES string of the molecule is COc1cc(F)c(Br)cc1C(C)C(=O)O. The molecule has 0 spiro atoms. The number of methoxy groups -OCH3 is 1. The number of ether oxygens (including phenoxy) is 1. The average Bonchev–Trinajstić information content (AvgIpc) is 2.20. The third-order valence-electron chi connectivity index (χ3n) is 2.11. The minimum atomic E-state index is -0.980. The van der Waals surface area contributed by atoms with Gasteiger partial charge < -0.3 is 9.84 Å². The normalized spacial score (nSPS) is 12.3. The van der Waals surface area contributed by atoms with Gasteiger partial charge in [-0.3, -0.25) is 4.79 Å². The zero-order chi connectivity index (χ0) is 11.6. The van der Waals surface area contributed by atoms with Crippen LogP contribution in [0.1, 0.15) is 18.4 Å². The van der Waals surface area contributed by atoms with Gasteiger partial charge in [-0.1, -0.05) is 0 Å². The predicted octanol–water partition coefficient (Wildman–Crippen LogP) is 2.78. The summed E-state index contributed by atoms with van der Waals surface area (Å²) in [5.74, 6) is -1.96. The van der Waals surface area contributed by atoms with Crippen molar-refractivity contribution in [1.29, 1.82) is 0 Å². The van der Waals surface area contributed by atoms with Crippen molar-refractivity contribution in [2.24, 2.45) is 0 Å². The number of aliphatic carboxylic acids is 1. The lowest BCUT2D eigenvalue weighted by atomic mass is 10.0. The van der Waals surface area contributed by atoms with Gasteiger partial charge in [0.15, 0.2) is 0 Å². The number of benzene rings is 1. The van der Waals surface area contributed by atoms with E-state index in [1.54, 1.807) is 0 Å². The first-order valence-corrected chi connectivity index (χ1v) is 5.02. The maximum atomic E-state index is 13.1. The van der Waals surface area contributed by atoms with Crippen LogP contribution in [0.15, 0.2) is 16.6 Å². The Balaban J connectivity index is 3.27. The lowest BCUT2D eigenvalue weighted by molar-refractivity contribution is -0.138. The van der Waals surface area contributed by atoms with Crippen LogP contribution in [0.4, 0.5) is 4.39 Å². The zero-order valence-electron chi connectivity index (χ0n) is 8.25. The molecule has 15 heavy (non-hydrogen) atoms. The topological polar surface area (TPSA) is 46.5 Å². The summed E-state index contributed by atoms with van der Waals surface area (Å²) in [6.45, 7) is 1.52. The molecule has 3 nitrogen and oxygen atoms in total. The molecule has 5 heteroatoms. The molecule has 1 atom stereocenters. The highest BCUT2D eigenvalue weighted by Gasteiger charge is 2.20. The smallest absolute Gasteiger partial charge is 0.310 e. The van der Waals surface area contributed by atoms with Gasteiger partial charge in [-0.15, -0.1) is 0 Å². The predicted molar refractivity (Wildman–Crippen MR) is 56.7 cm³/mol. The minimum absolute atomic E-state index is 0.228. The second-order valence-corrected chi connectivity index (χ2v) is 3.92. The molecule has 0 heterocycles. The second kappa shape index (κ2) is 4.61. The molecule has 0 saturated carbocycles. The van der Waals surface area contributed by atoms with E-state index in [0.29, 0.717) is 5.56 Å². The third kappa shape index (κ3) is 2.47. The second-order valence-electron chi connectivity index (χ2n) is 3.07. The molecule has 0 amide bonds. The molecule has 0 aliphatic heterocycles. The summed E-state index contributed by atoms with van der Waals surface area (Å²) in [7, 11) is 1.38. The summed E-state index contributed by atoms with van der Waals surface area (Å²) < 4.78 is 18.3. The van der Waals surface area contributed by atoms with Crippen molar-refractivity contribution in [1.82, 2.24) is 0 Å². The first-order chi connectivity index (χ1) is 6.97. The molecule has 0 fully saturated rings.